The Labute approximate surface area is 239 Å². The van der Waals surface area contributed by atoms with Gasteiger partial charge in [-0.3, -0.25) is 14.5 Å². The van der Waals surface area contributed by atoms with Crippen LogP contribution in [0.25, 0.3) is 0 Å². The van der Waals surface area contributed by atoms with Crippen molar-refractivity contribution < 1.29 is 23.1 Å². The van der Waals surface area contributed by atoms with E-state index in [1.54, 1.807) is 34.3 Å². The van der Waals surface area contributed by atoms with E-state index >= 15 is 0 Å². The summed E-state index contributed by atoms with van der Waals surface area (Å²) in [5.41, 5.74) is 0.821. The lowest BCUT2D eigenvalue weighted by Gasteiger charge is -2.31. The number of carbonyl (C=O) groups is 2. The quantitative estimate of drug-likeness (QED) is 0.197. The number of morpholine rings is 1. The smallest absolute Gasteiger partial charge is 0.242 e. The maximum atomic E-state index is 13.6. The first-order chi connectivity index (χ1) is 19.5. The zero-order chi connectivity index (χ0) is 28.4. The molecule has 8 heteroatoms. The van der Waals surface area contributed by atoms with Gasteiger partial charge in [0.1, 0.15) is 11.6 Å². The SMILES string of the molecule is CCCCCCCCCCCC(=O)N(CCN1CCOCC1)CC(=O)N(Cc1ccc(F)cc1)Cc1ccco1. The maximum Gasteiger partial charge on any atom is 0.242 e. The summed E-state index contributed by atoms with van der Waals surface area (Å²) in [5, 5.41) is 0. The van der Waals surface area contributed by atoms with Crippen molar-refractivity contribution in [2.24, 2.45) is 0 Å². The Balaban J connectivity index is 1.57. The Morgan fingerprint density at radius 1 is 0.850 bits per heavy atom. The molecule has 40 heavy (non-hydrogen) atoms. The molecule has 0 bridgehead atoms. The van der Waals surface area contributed by atoms with E-state index in [4.69, 9.17) is 9.15 Å². The molecular formula is C32H48FN3O4. The van der Waals surface area contributed by atoms with Crippen LogP contribution in [0.1, 0.15) is 82.5 Å². The number of nitrogens with zero attached hydrogens (tertiary/aromatic N) is 3. The molecule has 0 aliphatic carbocycles. The van der Waals surface area contributed by atoms with Crippen LogP contribution in [0.2, 0.25) is 0 Å². The molecule has 1 aliphatic rings. The normalized spacial score (nSPS) is 13.8. The molecule has 0 atom stereocenters. The van der Waals surface area contributed by atoms with Crippen LogP contribution in [0.3, 0.4) is 0 Å². The lowest BCUT2D eigenvalue weighted by molar-refractivity contribution is -0.141. The van der Waals surface area contributed by atoms with Crippen molar-refractivity contribution in [3.63, 3.8) is 0 Å². The van der Waals surface area contributed by atoms with E-state index in [0.717, 1.165) is 44.5 Å². The summed E-state index contributed by atoms with van der Waals surface area (Å²) in [7, 11) is 0. The molecule has 7 nitrogen and oxygen atoms in total. The van der Waals surface area contributed by atoms with Crippen LogP contribution >= 0.6 is 0 Å². The predicted molar refractivity (Wildman–Crippen MR) is 155 cm³/mol. The third kappa shape index (κ3) is 12.2. The molecule has 0 spiro atoms. The van der Waals surface area contributed by atoms with Crippen LogP contribution in [0.4, 0.5) is 4.39 Å². The van der Waals surface area contributed by atoms with Crippen LogP contribution in [0, 0.1) is 5.82 Å². The molecule has 0 saturated carbocycles. The maximum absolute atomic E-state index is 13.6. The van der Waals surface area contributed by atoms with Gasteiger partial charge in [0, 0.05) is 39.1 Å². The van der Waals surface area contributed by atoms with Crippen molar-refractivity contribution in [2.45, 2.75) is 84.2 Å². The number of benzene rings is 1. The minimum absolute atomic E-state index is 0.0164. The highest BCUT2D eigenvalue weighted by Crippen LogP contribution is 2.15. The first-order valence-electron chi connectivity index (χ1n) is 15.2. The summed E-state index contributed by atoms with van der Waals surface area (Å²) in [4.78, 5) is 32.6. The molecule has 1 fully saturated rings. The largest absolute Gasteiger partial charge is 0.467 e. The predicted octanol–water partition coefficient (Wildman–Crippen LogP) is 6.03. The van der Waals surface area contributed by atoms with E-state index in [-0.39, 0.29) is 30.7 Å². The van der Waals surface area contributed by atoms with Crippen molar-refractivity contribution >= 4 is 11.8 Å². The summed E-state index contributed by atoms with van der Waals surface area (Å²) in [5.74, 6) is 0.229. The number of furan rings is 1. The van der Waals surface area contributed by atoms with Gasteiger partial charge in [-0.1, -0.05) is 70.4 Å². The highest BCUT2D eigenvalue weighted by molar-refractivity contribution is 5.84. The average Bonchev–Trinajstić information content (AvgIpc) is 3.48. The van der Waals surface area contributed by atoms with Gasteiger partial charge in [0.15, 0.2) is 0 Å². The molecule has 1 aromatic carbocycles. The molecular weight excluding hydrogens is 509 g/mol. The van der Waals surface area contributed by atoms with Crippen molar-refractivity contribution in [3.8, 4) is 0 Å². The molecule has 0 radical (unpaired) electrons. The van der Waals surface area contributed by atoms with Crippen LogP contribution in [-0.2, 0) is 27.4 Å². The van der Waals surface area contributed by atoms with Crippen molar-refractivity contribution in [1.29, 1.82) is 0 Å². The molecule has 1 aliphatic heterocycles. The molecule has 2 aromatic rings. The van der Waals surface area contributed by atoms with Gasteiger partial charge < -0.3 is 19.0 Å². The summed E-state index contributed by atoms with van der Waals surface area (Å²) < 4.78 is 24.4. The number of rotatable bonds is 19. The first-order valence-corrected chi connectivity index (χ1v) is 15.2. The fourth-order valence-corrected chi connectivity index (χ4v) is 5.02. The van der Waals surface area contributed by atoms with Crippen LogP contribution in [-0.4, -0.2) is 72.5 Å². The number of ether oxygens (including phenoxy) is 1. The second-order valence-electron chi connectivity index (χ2n) is 10.8. The van der Waals surface area contributed by atoms with E-state index in [0.29, 0.717) is 38.5 Å². The topological polar surface area (TPSA) is 66.2 Å². The molecule has 3 rings (SSSR count). The van der Waals surface area contributed by atoms with Crippen molar-refractivity contribution in [3.05, 3.63) is 59.8 Å². The van der Waals surface area contributed by atoms with E-state index in [9.17, 15) is 14.0 Å². The highest BCUT2D eigenvalue weighted by Gasteiger charge is 2.23. The minimum atomic E-state index is -0.316. The summed E-state index contributed by atoms with van der Waals surface area (Å²) >= 11 is 0. The van der Waals surface area contributed by atoms with Gasteiger partial charge in [-0.2, -0.15) is 0 Å². The Bertz CT molecular complexity index is 961. The molecule has 1 aromatic heterocycles. The number of amides is 2. The molecule has 1 saturated heterocycles. The summed E-state index contributed by atoms with van der Waals surface area (Å²) in [6.07, 6.45) is 12.8. The van der Waals surface area contributed by atoms with Gasteiger partial charge in [-0.05, 0) is 36.2 Å². The zero-order valence-electron chi connectivity index (χ0n) is 24.3. The standard InChI is InChI=1S/C32H48FN3O4/c1-2-3-4-5-6-7-8-9-10-13-31(37)35(19-18-34-20-23-39-24-21-34)27-32(38)36(26-30-12-11-22-40-30)25-28-14-16-29(33)17-15-28/h11-12,14-17,22H,2-10,13,18-21,23-27H2,1H3. The number of unbranched alkanes of at least 4 members (excludes halogenated alkanes) is 8. The Hall–Kier alpha value is -2.71. The fourth-order valence-electron chi connectivity index (χ4n) is 5.02. The Kier molecular flexibility index (Phi) is 14.8. The average molecular weight is 558 g/mol. The van der Waals surface area contributed by atoms with Gasteiger partial charge >= 0.3 is 0 Å². The summed E-state index contributed by atoms with van der Waals surface area (Å²) in [6.45, 7) is 7.13. The van der Waals surface area contributed by atoms with Crippen LogP contribution < -0.4 is 0 Å². The lowest BCUT2D eigenvalue weighted by Crippen LogP contribution is -2.47. The third-order valence-corrected chi connectivity index (χ3v) is 7.53. The van der Waals surface area contributed by atoms with E-state index in [2.05, 4.69) is 11.8 Å². The molecule has 2 amide bonds. The van der Waals surface area contributed by atoms with Gasteiger partial charge in [-0.15, -0.1) is 0 Å². The zero-order valence-corrected chi connectivity index (χ0v) is 24.3. The lowest BCUT2D eigenvalue weighted by atomic mass is 10.1. The van der Waals surface area contributed by atoms with Crippen molar-refractivity contribution in [1.82, 2.24) is 14.7 Å². The van der Waals surface area contributed by atoms with Gasteiger partial charge in [0.25, 0.3) is 0 Å². The molecule has 2 heterocycles. The first kappa shape index (κ1) is 31.8. The van der Waals surface area contributed by atoms with E-state index in [1.165, 1.54) is 50.7 Å². The second kappa shape index (κ2) is 18.6. The van der Waals surface area contributed by atoms with Crippen LogP contribution in [0.5, 0.6) is 0 Å². The van der Waals surface area contributed by atoms with Crippen molar-refractivity contribution in [2.75, 3.05) is 45.9 Å². The highest BCUT2D eigenvalue weighted by atomic mass is 19.1. The second-order valence-corrected chi connectivity index (χ2v) is 10.8. The van der Waals surface area contributed by atoms with E-state index < -0.39 is 0 Å². The number of hydrogen-bond donors (Lipinski definition) is 0. The summed E-state index contributed by atoms with van der Waals surface area (Å²) in [6, 6.07) is 9.78. The molecule has 0 N–H and O–H groups in total. The number of carbonyl (C=O) groups excluding carboxylic acids is 2. The monoisotopic (exact) mass is 557 g/mol. The molecule has 222 valence electrons. The Morgan fingerprint density at radius 3 is 2.17 bits per heavy atom. The third-order valence-electron chi connectivity index (χ3n) is 7.53. The number of halogens is 1. The fraction of sp³-hybridized carbons (Fsp3) is 0.625. The number of hydrogen-bond acceptors (Lipinski definition) is 5. The van der Waals surface area contributed by atoms with Gasteiger partial charge in [0.2, 0.25) is 11.8 Å². The minimum Gasteiger partial charge on any atom is -0.467 e. The Morgan fingerprint density at radius 2 is 1.52 bits per heavy atom. The van der Waals surface area contributed by atoms with Gasteiger partial charge in [0.05, 0.1) is 32.6 Å². The van der Waals surface area contributed by atoms with E-state index in [1.807, 2.05) is 6.07 Å². The molecule has 0 unspecified atom stereocenters. The van der Waals surface area contributed by atoms with Crippen LogP contribution in [0.15, 0.2) is 47.1 Å². The van der Waals surface area contributed by atoms with Gasteiger partial charge in [-0.25, -0.2) is 4.39 Å².